The summed E-state index contributed by atoms with van der Waals surface area (Å²) in [6.07, 6.45) is -1.63. The monoisotopic (exact) mass is 308 g/mol. The van der Waals surface area contributed by atoms with Crippen LogP contribution in [0.4, 0.5) is 8.78 Å². The number of amides is 3. The summed E-state index contributed by atoms with van der Waals surface area (Å²) in [6, 6.07) is 3.40. The predicted octanol–water partition coefficient (Wildman–Crippen LogP) is 1.78. The maximum atomic E-state index is 13.1. The molecule has 0 saturated carbocycles. The minimum absolute atomic E-state index is 0.0268. The number of benzene rings is 1. The van der Waals surface area contributed by atoms with Crippen molar-refractivity contribution >= 4 is 17.7 Å². The van der Waals surface area contributed by atoms with E-state index < -0.39 is 24.3 Å². The Kier molecular flexibility index (Phi) is 3.64. The molecule has 0 spiro atoms. The molecule has 7 heteroatoms. The second-order valence-electron chi connectivity index (χ2n) is 5.43. The Morgan fingerprint density at radius 2 is 2.00 bits per heavy atom. The second-order valence-corrected chi connectivity index (χ2v) is 5.43. The highest BCUT2D eigenvalue weighted by Crippen LogP contribution is 2.33. The predicted molar refractivity (Wildman–Crippen MR) is 72.1 cm³/mol. The van der Waals surface area contributed by atoms with E-state index >= 15 is 0 Å². The molecule has 0 radical (unpaired) electrons. The van der Waals surface area contributed by atoms with Gasteiger partial charge in [-0.1, -0.05) is 12.1 Å². The highest BCUT2D eigenvalue weighted by molar-refractivity contribution is 6.04. The van der Waals surface area contributed by atoms with Crippen molar-refractivity contribution in [2.24, 2.45) is 0 Å². The zero-order valence-corrected chi connectivity index (χ0v) is 11.6. The lowest BCUT2D eigenvalue weighted by Crippen LogP contribution is -2.46. The third-order valence-electron chi connectivity index (χ3n) is 4.09. The fourth-order valence-electron chi connectivity index (χ4n) is 3.00. The molecular weight excluding hydrogens is 294 g/mol. The van der Waals surface area contributed by atoms with Gasteiger partial charge in [0.05, 0.1) is 0 Å². The van der Waals surface area contributed by atoms with E-state index in [1.807, 2.05) is 0 Å². The van der Waals surface area contributed by atoms with Gasteiger partial charge in [-0.2, -0.15) is 0 Å². The molecule has 1 N–H and O–H groups in total. The minimum atomic E-state index is -2.67. The normalized spacial score (nSPS) is 21.9. The van der Waals surface area contributed by atoms with Crippen LogP contribution >= 0.6 is 0 Å². The highest BCUT2D eigenvalue weighted by Gasteiger charge is 2.39. The number of hydrogen-bond donors (Lipinski definition) is 1. The van der Waals surface area contributed by atoms with Crippen LogP contribution in [-0.2, 0) is 16.1 Å². The van der Waals surface area contributed by atoms with Gasteiger partial charge in [0, 0.05) is 24.1 Å². The van der Waals surface area contributed by atoms with Gasteiger partial charge in [0.1, 0.15) is 6.04 Å². The average Bonchev–Trinajstić information content (AvgIpc) is 2.70. The summed E-state index contributed by atoms with van der Waals surface area (Å²) in [7, 11) is 0. The van der Waals surface area contributed by atoms with Crippen molar-refractivity contribution in [3.8, 4) is 0 Å². The Labute approximate surface area is 125 Å². The van der Waals surface area contributed by atoms with Gasteiger partial charge in [0.15, 0.2) is 0 Å². The van der Waals surface area contributed by atoms with E-state index in [0.29, 0.717) is 12.8 Å². The third kappa shape index (κ3) is 2.36. The first-order valence-corrected chi connectivity index (χ1v) is 7.03. The first-order chi connectivity index (χ1) is 10.5. The molecule has 1 atom stereocenters. The number of carbonyl (C=O) groups excluding carboxylic acids is 3. The summed E-state index contributed by atoms with van der Waals surface area (Å²) in [4.78, 5) is 37.1. The van der Waals surface area contributed by atoms with Crippen molar-refractivity contribution in [1.29, 1.82) is 0 Å². The summed E-state index contributed by atoms with van der Waals surface area (Å²) in [6.45, 7) is -0.0268. The molecule has 1 unspecified atom stereocenters. The molecular formula is C15H14F2N2O3. The first-order valence-electron chi connectivity index (χ1n) is 7.03. The number of nitrogens with zero attached hydrogens (tertiary/aromatic N) is 1. The van der Waals surface area contributed by atoms with E-state index in [1.54, 1.807) is 0 Å². The summed E-state index contributed by atoms with van der Waals surface area (Å²) in [5, 5.41) is 2.23. The van der Waals surface area contributed by atoms with Crippen molar-refractivity contribution in [2.45, 2.75) is 38.3 Å². The van der Waals surface area contributed by atoms with E-state index in [-0.39, 0.29) is 35.6 Å². The molecule has 2 aliphatic heterocycles. The van der Waals surface area contributed by atoms with E-state index in [2.05, 4.69) is 5.32 Å². The molecule has 3 rings (SSSR count). The summed E-state index contributed by atoms with van der Waals surface area (Å²) >= 11 is 0. The van der Waals surface area contributed by atoms with Crippen LogP contribution in [0.5, 0.6) is 0 Å². The van der Waals surface area contributed by atoms with Crippen LogP contribution < -0.4 is 5.32 Å². The largest absolute Gasteiger partial charge is 0.322 e. The number of fused-ring (bicyclic) bond motifs is 1. The molecule has 116 valence electrons. The van der Waals surface area contributed by atoms with Gasteiger partial charge in [-0.25, -0.2) is 8.78 Å². The SMILES string of the molecule is O=C1CCCC(N2Cc3c(cccc3C(F)F)C2=O)C(=O)N1. The van der Waals surface area contributed by atoms with E-state index in [9.17, 15) is 23.2 Å². The van der Waals surface area contributed by atoms with Crippen LogP contribution in [-0.4, -0.2) is 28.7 Å². The summed E-state index contributed by atoms with van der Waals surface area (Å²) in [5.74, 6) is -1.35. The number of hydrogen-bond acceptors (Lipinski definition) is 3. The maximum Gasteiger partial charge on any atom is 0.264 e. The van der Waals surface area contributed by atoms with Crippen molar-refractivity contribution in [1.82, 2.24) is 10.2 Å². The average molecular weight is 308 g/mol. The van der Waals surface area contributed by atoms with Gasteiger partial charge in [-0.15, -0.1) is 0 Å². The number of rotatable bonds is 2. The van der Waals surface area contributed by atoms with E-state index in [4.69, 9.17) is 0 Å². The zero-order chi connectivity index (χ0) is 15.9. The van der Waals surface area contributed by atoms with E-state index in [0.717, 1.165) is 0 Å². The molecule has 1 saturated heterocycles. The van der Waals surface area contributed by atoms with Crippen molar-refractivity contribution in [3.05, 3.63) is 34.9 Å². The number of halogens is 2. The van der Waals surface area contributed by atoms with E-state index in [1.165, 1.54) is 23.1 Å². The summed E-state index contributed by atoms with van der Waals surface area (Å²) in [5.41, 5.74) is 0.297. The van der Waals surface area contributed by atoms with Crippen LogP contribution in [0.25, 0.3) is 0 Å². The maximum absolute atomic E-state index is 13.1. The quantitative estimate of drug-likeness (QED) is 0.847. The van der Waals surface area contributed by atoms with Gasteiger partial charge >= 0.3 is 0 Å². The Hall–Kier alpha value is -2.31. The first kappa shape index (κ1) is 14.6. The molecule has 0 aromatic heterocycles. The number of carbonyl (C=O) groups is 3. The minimum Gasteiger partial charge on any atom is -0.322 e. The molecule has 1 aromatic rings. The van der Waals surface area contributed by atoms with Gasteiger partial charge in [-0.05, 0) is 24.5 Å². The van der Waals surface area contributed by atoms with Gasteiger partial charge in [0.25, 0.3) is 12.3 Å². The van der Waals surface area contributed by atoms with Crippen LogP contribution in [0, 0.1) is 0 Å². The Morgan fingerprint density at radius 1 is 1.23 bits per heavy atom. The Bertz CT molecular complexity index is 660. The lowest BCUT2D eigenvalue weighted by Gasteiger charge is -2.24. The second kappa shape index (κ2) is 5.47. The topological polar surface area (TPSA) is 66.5 Å². The molecule has 1 fully saturated rings. The zero-order valence-electron chi connectivity index (χ0n) is 11.6. The molecule has 22 heavy (non-hydrogen) atoms. The molecule has 2 aliphatic rings. The number of alkyl halides is 2. The van der Waals surface area contributed by atoms with Gasteiger partial charge in [0.2, 0.25) is 11.8 Å². The standard InChI is InChI=1S/C15H14F2N2O3/c16-13(17)8-3-1-4-9-10(8)7-19(15(9)22)11-5-2-6-12(20)18-14(11)21/h1,3-4,11,13H,2,5-7H2,(H,18,20,21). The molecule has 1 aromatic carbocycles. The molecule has 0 bridgehead atoms. The van der Waals surface area contributed by atoms with Crippen molar-refractivity contribution in [3.63, 3.8) is 0 Å². The van der Waals surface area contributed by atoms with Crippen LogP contribution in [0.3, 0.4) is 0 Å². The Morgan fingerprint density at radius 3 is 2.73 bits per heavy atom. The molecule has 5 nitrogen and oxygen atoms in total. The van der Waals surface area contributed by atoms with Crippen LogP contribution in [0.2, 0.25) is 0 Å². The fourth-order valence-corrected chi connectivity index (χ4v) is 3.00. The third-order valence-corrected chi connectivity index (χ3v) is 4.09. The highest BCUT2D eigenvalue weighted by atomic mass is 19.3. The molecule has 3 amide bonds. The van der Waals surface area contributed by atoms with Crippen LogP contribution in [0.1, 0.15) is 47.2 Å². The van der Waals surface area contributed by atoms with Gasteiger partial charge < -0.3 is 4.90 Å². The Balaban J connectivity index is 1.92. The number of imide groups is 1. The molecule has 2 heterocycles. The van der Waals surface area contributed by atoms with Crippen molar-refractivity contribution in [2.75, 3.05) is 0 Å². The lowest BCUT2D eigenvalue weighted by atomic mass is 10.0. The molecule has 0 aliphatic carbocycles. The van der Waals surface area contributed by atoms with Gasteiger partial charge in [-0.3, -0.25) is 19.7 Å². The fraction of sp³-hybridized carbons (Fsp3) is 0.400. The van der Waals surface area contributed by atoms with Crippen molar-refractivity contribution < 1.29 is 23.2 Å². The summed E-state index contributed by atoms with van der Waals surface area (Å²) < 4.78 is 26.1. The smallest absolute Gasteiger partial charge is 0.264 e. The lowest BCUT2D eigenvalue weighted by molar-refractivity contribution is -0.132. The van der Waals surface area contributed by atoms with Crippen LogP contribution in [0.15, 0.2) is 18.2 Å². The number of nitrogens with one attached hydrogen (secondary N) is 1.